The van der Waals surface area contributed by atoms with Crippen molar-refractivity contribution >= 4 is 11.8 Å². The summed E-state index contributed by atoms with van der Waals surface area (Å²) in [6.07, 6.45) is 7.75. The molecule has 0 radical (unpaired) electrons. The number of anilines is 1. The van der Waals surface area contributed by atoms with Gasteiger partial charge in [-0.2, -0.15) is 0 Å². The van der Waals surface area contributed by atoms with Crippen molar-refractivity contribution in [3.05, 3.63) is 76.6 Å². The molecule has 2 saturated heterocycles. The number of aliphatic hydroxyl groups excluding tert-OH is 1. The van der Waals surface area contributed by atoms with Crippen molar-refractivity contribution in [3.63, 3.8) is 0 Å². The highest BCUT2D eigenvalue weighted by atomic mass is 16.6. The van der Waals surface area contributed by atoms with Gasteiger partial charge >= 0.3 is 6.09 Å². The lowest BCUT2D eigenvalue weighted by molar-refractivity contribution is 0.107. The molecule has 10 heteroatoms. The average Bonchev–Trinajstić information content (AvgIpc) is 3.01. The van der Waals surface area contributed by atoms with Crippen LogP contribution in [0.3, 0.4) is 0 Å². The molecule has 0 unspecified atom stereocenters. The Kier molecular flexibility index (Phi) is 12.6. The number of piperazine rings is 1. The maximum Gasteiger partial charge on any atom is 0.415 e. The molecule has 1 amide bonds. The summed E-state index contributed by atoms with van der Waals surface area (Å²) in [7, 11) is 5.65. The van der Waals surface area contributed by atoms with Gasteiger partial charge in [0.25, 0.3) is 0 Å². The SMILES string of the molecule is C\C=C/C(C(/N)=C/C(=C(\N)N(C)C(=O)OCc1ccc(NC)cc1)N1CCN(CC2CCN(C)CC2)CC1)=C(/O)CC. The number of nitrogens with one attached hydrogen (secondary N) is 1. The van der Waals surface area contributed by atoms with E-state index in [0.29, 0.717) is 23.4 Å². The fraction of sp³-hybridized carbons (Fsp3) is 0.531. The number of hydrogen-bond acceptors (Lipinski definition) is 9. The molecule has 0 bridgehead atoms. The third kappa shape index (κ3) is 9.19. The molecular formula is C32H51N7O3. The van der Waals surface area contributed by atoms with Gasteiger partial charge in [0.05, 0.1) is 5.70 Å². The van der Waals surface area contributed by atoms with Crippen LogP contribution in [0.4, 0.5) is 10.5 Å². The molecule has 0 saturated carbocycles. The van der Waals surface area contributed by atoms with Crippen molar-refractivity contribution < 1.29 is 14.6 Å². The number of rotatable bonds is 11. The summed E-state index contributed by atoms with van der Waals surface area (Å²) in [6.45, 7) is 10.6. The number of hydrogen-bond donors (Lipinski definition) is 4. The number of ether oxygens (including phenoxy) is 1. The predicted octanol–water partition coefficient (Wildman–Crippen LogP) is 4.02. The van der Waals surface area contributed by atoms with Crippen LogP contribution in [0, 0.1) is 5.92 Å². The van der Waals surface area contributed by atoms with Gasteiger partial charge in [-0.1, -0.05) is 31.2 Å². The largest absolute Gasteiger partial charge is 0.512 e. The molecule has 1 aromatic carbocycles. The Labute approximate surface area is 251 Å². The van der Waals surface area contributed by atoms with Gasteiger partial charge in [-0.25, -0.2) is 4.79 Å². The van der Waals surface area contributed by atoms with E-state index in [-0.39, 0.29) is 18.2 Å². The predicted molar refractivity (Wildman–Crippen MR) is 170 cm³/mol. The minimum Gasteiger partial charge on any atom is -0.512 e. The van der Waals surface area contributed by atoms with Crippen LogP contribution in [-0.2, 0) is 11.3 Å². The smallest absolute Gasteiger partial charge is 0.415 e. The van der Waals surface area contributed by atoms with Gasteiger partial charge in [0.2, 0.25) is 0 Å². The van der Waals surface area contributed by atoms with Crippen LogP contribution in [0.15, 0.2) is 71.0 Å². The molecule has 42 heavy (non-hydrogen) atoms. The van der Waals surface area contributed by atoms with Crippen molar-refractivity contribution in [2.75, 3.05) is 72.3 Å². The normalized spacial score (nSPS) is 19.0. The molecule has 2 heterocycles. The summed E-state index contributed by atoms with van der Waals surface area (Å²) in [5, 5.41) is 13.6. The monoisotopic (exact) mass is 581 g/mol. The lowest BCUT2D eigenvalue weighted by Gasteiger charge is -2.40. The maximum absolute atomic E-state index is 13.1. The van der Waals surface area contributed by atoms with Gasteiger partial charge < -0.3 is 36.4 Å². The second kappa shape index (κ2) is 16.1. The number of carbonyl (C=O) groups excluding carboxylic acids is 1. The van der Waals surface area contributed by atoms with Crippen molar-refractivity contribution in [2.24, 2.45) is 17.4 Å². The fourth-order valence-corrected chi connectivity index (χ4v) is 5.33. The standard InChI is InChI=1S/C32H51N7O3/c1-6-8-27(30(40)7-2)28(33)21-29(39-19-17-38(18-20-39)22-24-13-15-36(4)16-14-24)31(34)37(5)32(41)42-23-25-9-11-26(35-3)12-10-25/h6,8-12,21,24,35,40H,7,13-20,22-23,33-34H2,1-5H3/b8-6-,28-21-,30-27-,31-29-. The van der Waals surface area contributed by atoms with Crippen LogP contribution in [0.1, 0.15) is 38.7 Å². The zero-order valence-corrected chi connectivity index (χ0v) is 26.1. The van der Waals surface area contributed by atoms with Crippen LogP contribution in [0.25, 0.3) is 0 Å². The topological polar surface area (TPSA) is 124 Å². The number of allylic oxidation sites excluding steroid dienone is 4. The highest BCUT2D eigenvalue weighted by Crippen LogP contribution is 2.23. The summed E-state index contributed by atoms with van der Waals surface area (Å²) in [6, 6.07) is 7.68. The summed E-state index contributed by atoms with van der Waals surface area (Å²) in [4.78, 5) is 21.5. The number of amides is 1. The number of benzene rings is 1. The van der Waals surface area contributed by atoms with Crippen molar-refractivity contribution in [1.29, 1.82) is 0 Å². The van der Waals surface area contributed by atoms with Gasteiger partial charge in [0.1, 0.15) is 18.2 Å². The Balaban J connectivity index is 1.80. The molecule has 0 aliphatic carbocycles. The average molecular weight is 582 g/mol. The summed E-state index contributed by atoms with van der Waals surface area (Å²) in [5.74, 6) is 1.16. The molecule has 0 atom stereocenters. The number of likely N-dealkylation sites (tertiary alicyclic amines) is 1. The van der Waals surface area contributed by atoms with E-state index >= 15 is 0 Å². The second-order valence-corrected chi connectivity index (χ2v) is 11.2. The van der Waals surface area contributed by atoms with Crippen LogP contribution in [0.5, 0.6) is 0 Å². The minimum atomic E-state index is -0.559. The highest BCUT2D eigenvalue weighted by Gasteiger charge is 2.26. The molecular weight excluding hydrogens is 530 g/mol. The first-order valence-electron chi connectivity index (χ1n) is 15.0. The first-order valence-corrected chi connectivity index (χ1v) is 15.0. The second-order valence-electron chi connectivity index (χ2n) is 11.2. The quantitative estimate of drug-likeness (QED) is 0.227. The zero-order valence-electron chi connectivity index (χ0n) is 26.1. The molecule has 10 nitrogen and oxygen atoms in total. The van der Waals surface area contributed by atoms with E-state index in [2.05, 4.69) is 27.1 Å². The molecule has 2 aliphatic heterocycles. The van der Waals surface area contributed by atoms with Gasteiger partial charge in [0.15, 0.2) is 0 Å². The molecule has 232 valence electrons. The summed E-state index contributed by atoms with van der Waals surface area (Å²) >= 11 is 0. The Hall–Kier alpha value is -3.63. The highest BCUT2D eigenvalue weighted by molar-refractivity contribution is 5.70. The van der Waals surface area contributed by atoms with Crippen molar-refractivity contribution in [3.8, 4) is 0 Å². The minimum absolute atomic E-state index is 0.127. The van der Waals surface area contributed by atoms with E-state index in [1.54, 1.807) is 19.2 Å². The molecule has 2 aliphatic rings. The van der Waals surface area contributed by atoms with E-state index in [1.807, 2.05) is 51.2 Å². The number of nitrogens with zero attached hydrogens (tertiary/aromatic N) is 4. The van der Waals surface area contributed by atoms with Crippen molar-refractivity contribution in [2.45, 2.75) is 39.7 Å². The van der Waals surface area contributed by atoms with Gasteiger partial charge in [-0.15, -0.1) is 0 Å². The van der Waals surface area contributed by atoms with Gasteiger partial charge in [-0.3, -0.25) is 9.80 Å². The first kappa shape index (κ1) is 32.9. The molecule has 0 spiro atoms. The summed E-state index contributed by atoms with van der Waals surface area (Å²) < 4.78 is 5.59. The number of carbonyl (C=O) groups is 1. The van der Waals surface area contributed by atoms with Gasteiger partial charge in [0, 0.05) is 70.2 Å². The molecule has 2 fully saturated rings. The third-order valence-electron chi connectivity index (χ3n) is 8.15. The van der Waals surface area contributed by atoms with Gasteiger partial charge in [-0.05, 0) is 69.6 Å². The van der Waals surface area contributed by atoms with E-state index in [0.717, 1.165) is 63.0 Å². The van der Waals surface area contributed by atoms with E-state index in [1.165, 1.54) is 17.7 Å². The van der Waals surface area contributed by atoms with E-state index in [4.69, 9.17) is 16.2 Å². The molecule has 0 aromatic heterocycles. The fourth-order valence-electron chi connectivity index (χ4n) is 5.33. The number of nitrogens with two attached hydrogens (primary N) is 2. The van der Waals surface area contributed by atoms with E-state index in [9.17, 15) is 9.90 Å². The molecule has 3 rings (SSSR count). The van der Waals surface area contributed by atoms with Crippen molar-refractivity contribution in [1.82, 2.24) is 19.6 Å². The van der Waals surface area contributed by atoms with Crippen LogP contribution in [-0.4, -0.2) is 97.8 Å². The Bertz CT molecular complexity index is 1140. The Morgan fingerprint density at radius 2 is 1.76 bits per heavy atom. The molecule has 1 aromatic rings. The summed E-state index contributed by atoms with van der Waals surface area (Å²) in [5.41, 5.74) is 16.6. The maximum atomic E-state index is 13.1. The van der Waals surface area contributed by atoms with Crippen LogP contribution < -0.4 is 16.8 Å². The van der Waals surface area contributed by atoms with Crippen LogP contribution >= 0.6 is 0 Å². The first-order chi connectivity index (χ1) is 20.2. The Morgan fingerprint density at radius 1 is 1.12 bits per heavy atom. The molecule has 6 N–H and O–H groups in total. The lowest BCUT2D eigenvalue weighted by atomic mass is 9.96. The lowest BCUT2D eigenvalue weighted by Crippen LogP contribution is -2.49. The third-order valence-corrected chi connectivity index (χ3v) is 8.15. The Morgan fingerprint density at radius 3 is 2.33 bits per heavy atom. The number of aliphatic hydroxyl groups is 1. The van der Waals surface area contributed by atoms with Crippen LogP contribution in [0.2, 0.25) is 0 Å². The van der Waals surface area contributed by atoms with E-state index < -0.39 is 6.09 Å². The number of piperidine rings is 1. The zero-order chi connectivity index (χ0) is 30.6.